The number of nitrogens with zero attached hydrogens (tertiary/aromatic N) is 1. The van der Waals surface area contributed by atoms with E-state index in [1.807, 2.05) is 6.07 Å². The van der Waals surface area contributed by atoms with E-state index in [2.05, 4.69) is 40.5 Å². The van der Waals surface area contributed by atoms with E-state index in [1.165, 1.54) is 24.8 Å². The Morgan fingerprint density at radius 2 is 1.89 bits per heavy atom. The molecule has 2 aromatic rings. The van der Waals surface area contributed by atoms with Gasteiger partial charge in [-0.05, 0) is 68.1 Å². The van der Waals surface area contributed by atoms with E-state index in [-0.39, 0.29) is 5.56 Å². The van der Waals surface area contributed by atoms with E-state index >= 15 is 0 Å². The number of carboxylic acid groups (broad SMARTS) is 1. The molecule has 2 fully saturated rings. The van der Waals surface area contributed by atoms with Gasteiger partial charge in [0.15, 0.2) is 0 Å². The summed E-state index contributed by atoms with van der Waals surface area (Å²) in [4.78, 5) is 13.4. The summed E-state index contributed by atoms with van der Waals surface area (Å²) in [6.07, 6.45) is 3.65. The maximum absolute atomic E-state index is 11.0. The molecule has 0 bridgehead atoms. The molecule has 28 heavy (non-hydrogen) atoms. The Bertz CT molecular complexity index is 819. The topological polar surface area (TPSA) is 52.6 Å². The summed E-state index contributed by atoms with van der Waals surface area (Å²) in [5.41, 5.74) is 2.71. The van der Waals surface area contributed by atoms with Gasteiger partial charge in [0.25, 0.3) is 0 Å². The number of aromatic carboxylic acids is 1. The number of carboxylic acids is 1. The molecule has 148 valence electrons. The number of hydrogen-bond donors (Lipinski definition) is 2. The van der Waals surface area contributed by atoms with Crippen LogP contribution in [-0.4, -0.2) is 41.7 Å². The zero-order valence-electron chi connectivity index (χ0n) is 16.0. The molecule has 2 unspecified atom stereocenters. The van der Waals surface area contributed by atoms with Gasteiger partial charge in [-0.3, -0.25) is 4.90 Å². The van der Waals surface area contributed by atoms with Crippen LogP contribution in [0.5, 0.6) is 0 Å². The molecule has 0 spiro atoms. The standard InChI is InChI=1S/C23H27ClN2O2/c24-21-12-18(23(27)28)6-7-19(21)15-26-10-8-16(9-11-26)14-25-22-13-20(22)17-4-2-1-3-5-17/h1-7,12,16,20,22,25H,8-11,13-15H2,(H,27,28). The van der Waals surface area contributed by atoms with Gasteiger partial charge in [0.05, 0.1) is 5.56 Å². The number of halogens is 1. The van der Waals surface area contributed by atoms with Gasteiger partial charge in [-0.15, -0.1) is 0 Å². The highest BCUT2D eigenvalue weighted by Crippen LogP contribution is 2.40. The third-order valence-corrected chi connectivity index (χ3v) is 6.44. The molecular formula is C23H27ClN2O2. The second-order valence-corrected chi connectivity index (χ2v) is 8.51. The van der Waals surface area contributed by atoms with Crippen molar-refractivity contribution in [1.29, 1.82) is 0 Å². The molecule has 2 N–H and O–H groups in total. The number of hydrogen-bond acceptors (Lipinski definition) is 3. The fraction of sp³-hybridized carbons (Fsp3) is 0.435. The van der Waals surface area contributed by atoms with Crippen molar-refractivity contribution in [2.75, 3.05) is 19.6 Å². The fourth-order valence-electron chi connectivity index (χ4n) is 4.21. The van der Waals surface area contributed by atoms with Gasteiger partial charge in [0, 0.05) is 23.5 Å². The maximum atomic E-state index is 11.0. The number of rotatable bonds is 7. The summed E-state index contributed by atoms with van der Waals surface area (Å²) in [6, 6.07) is 16.5. The predicted molar refractivity (Wildman–Crippen MR) is 112 cm³/mol. The van der Waals surface area contributed by atoms with Crippen LogP contribution in [-0.2, 0) is 6.54 Å². The summed E-state index contributed by atoms with van der Waals surface area (Å²) in [5.74, 6) is 0.488. The van der Waals surface area contributed by atoms with Gasteiger partial charge in [-0.25, -0.2) is 4.79 Å². The van der Waals surface area contributed by atoms with Crippen LogP contribution in [0.1, 0.15) is 46.7 Å². The van der Waals surface area contributed by atoms with Crippen LogP contribution in [0, 0.1) is 5.92 Å². The molecule has 2 aliphatic rings. The second kappa shape index (κ2) is 8.64. The van der Waals surface area contributed by atoms with Crippen LogP contribution in [0.4, 0.5) is 0 Å². The van der Waals surface area contributed by atoms with Crippen LogP contribution in [0.25, 0.3) is 0 Å². The Morgan fingerprint density at radius 1 is 1.14 bits per heavy atom. The van der Waals surface area contributed by atoms with Crippen LogP contribution < -0.4 is 5.32 Å². The first kappa shape index (κ1) is 19.4. The summed E-state index contributed by atoms with van der Waals surface area (Å²) in [5, 5.41) is 13.4. The van der Waals surface area contributed by atoms with Crippen LogP contribution in [0.15, 0.2) is 48.5 Å². The van der Waals surface area contributed by atoms with Gasteiger partial charge < -0.3 is 10.4 Å². The first-order valence-electron chi connectivity index (χ1n) is 10.1. The van der Waals surface area contributed by atoms with Gasteiger partial charge in [0.1, 0.15) is 0 Å². The van der Waals surface area contributed by atoms with Crippen molar-refractivity contribution in [2.45, 2.75) is 37.8 Å². The van der Waals surface area contributed by atoms with Crippen molar-refractivity contribution in [3.63, 3.8) is 0 Å². The third kappa shape index (κ3) is 4.75. The number of likely N-dealkylation sites (tertiary alicyclic amines) is 1. The number of benzene rings is 2. The molecular weight excluding hydrogens is 372 g/mol. The zero-order valence-corrected chi connectivity index (χ0v) is 16.7. The molecule has 1 aliphatic carbocycles. The lowest BCUT2D eigenvalue weighted by molar-refractivity contribution is 0.0697. The molecule has 1 aliphatic heterocycles. The highest BCUT2D eigenvalue weighted by atomic mass is 35.5. The largest absolute Gasteiger partial charge is 0.478 e. The van der Waals surface area contributed by atoms with Crippen LogP contribution >= 0.6 is 11.6 Å². The van der Waals surface area contributed by atoms with Gasteiger partial charge >= 0.3 is 5.97 Å². The highest BCUT2D eigenvalue weighted by Gasteiger charge is 2.38. The Kier molecular flexibility index (Phi) is 6.00. The third-order valence-electron chi connectivity index (χ3n) is 6.09. The Labute approximate surface area is 171 Å². The van der Waals surface area contributed by atoms with E-state index in [0.29, 0.717) is 17.0 Å². The molecule has 0 radical (unpaired) electrons. The van der Waals surface area contributed by atoms with E-state index in [1.54, 1.807) is 12.1 Å². The Morgan fingerprint density at radius 3 is 2.57 bits per heavy atom. The molecule has 4 nitrogen and oxygen atoms in total. The monoisotopic (exact) mass is 398 g/mol. The molecule has 2 aromatic carbocycles. The summed E-state index contributed by atoms with van der Waals surface area (Å²) >= 11 is 6.28. The lowest BCUT2D eigenvalue weighted by atomic mass is 9.96. The average molecular weight is 399 g/mol. The first-order valence-corrected chi connectivity index (χ1v) is 10.5. The molecule has 5 heteroatoms. The van der Waals surface area contributed by atoms with E-state index in [4.69, 9.17) is 16.7 Å². The highest BCUT2D eigenvalue weighted by molar-refractivity contribution is 6.31. The number of piperidine rings is 1. The molecule has 0 amide bonds. The van der Waals surface area contributed by atoms with Crippen LogP contribution in [0.2, 0.25) is 5.02 Å². The lowest BCUT2D eigenvalue weighted by Gasteiger charge is -2.32. The van der Waals surface area contributed by atoms with Gasteiger partial charge in [0.2, 0.25) is 0 Å². The predicted octanol–water partition coefficient (Wildman–Crippen LogP) is 4.40. The molecule has 1 heterocycles. The van der Waals surface area contributed by atoms with E-state index in [0.717, 1.165) is 37.7 Å². The molecule has 4 rings (SSSR count). The van der Waals surface area contributed by atoms with Crippen LogP contribution in [0.3, 0.4) is 0 Å². The normalized spacial score (nSPS) is 22.9. The molecule has 0 aromatic heterocycles. The van der Waals surface area contributed by atoms with Crippen molar-refractivity contribution in [3.05, 3.63) is 70.2 Å². The minimum Gasteiger partial charge on any atom is -0.478 e. The van der Waals surface area contributed by atoms with Gasteiger partial charge in [-0.1, -0.05) is 48.0 Å². The summed E-state index contributed by atoms with van der Waals surface area (Å²) in [7, 11) is 0. The minimum atomic E-state index is -0.938. The second-order valence-electron chi connectivity index (χ2n) is 8.10. The van der Waals surface area contributed by atoms with Crippen molar-refractivity contribution in [2.24, 2.45) is 5.92 Å². The Hall–Kier alpha value is -1.88. The molecule has 1 saturated heterocycles. The van der Waals surface area contributed by atoms with E-state index in [9.17, 15) is 4.79 Å². The maximum Gasteiger partial charge on any atom is 0.335 e. The quantitative estimate of drug-likeness (QED) is 0.726. The average Bonchev–Trinajstić information content (AvgIpc) is 3.49. The van der Waals surface area contributed by atoms with Crippen molar-refractivity contribution >= 4 is 17.6 Å². The summed E-state index contributed by atoms with van der Waals surface area (Å²) < 4.78 is 0. The van der Waals surface area contributed by atoms with Gasteiger partial charge in [-0.2, -0.15) is 0 Å². The molecule has 2 atom stereocenters. The smallest absolute Gasteiger partial charge is 0.335 e. The van der Waals surface area contributed by atoms with E-state index < -0.39 is 5.97 Å². The minimum absolute atomic E-state index is 0.243. The number of carbonyl (C=O) groups is 1. The van der Waals surface area contributed by atoms with Crippen molar-refractivity contribution < 1.29 is 9.90 Å². The van der Waals surface area contributed by atoms with Crippen molar-refractivity contribution in [3.8, 4) is 0 Å². The zero-order chi connectivity index (χ0) is 19.5. The fourth-order valence-corrected chi connectivity index (χ4v) is 4.45. The molecule has 1 saturated carbocycles. The van der Waals surface area contributed by atoms with Crippen molar-refractivity contribution in [1.82, 2.24) is 10.2 Å². The Balaban J connectivity index is 1.20. The first-order chi connectivity index (χ1) is 13.6. The number of nitrogens with one attached hydrogen (secondary N) is 1. The lowest BCUT2D eigenvalue weighted by Crippen LogP contribution is -2.37. The SMILES string of the molecule is O=C(O)c1ccc(CN2CCC(CNC3CC3c3ccccc3)CC2)c(Cl)c1. The summed E-state index contributed by atoms with van der Waals surface area (Å²) in [6.45, 7) is 4.03.